The third-order valence-electron chi connectivity index (χ3n) is 14.8. The highest BCUT2D eigenvalue weighted by Gasteiger charge is 2.70. The maximum Gasteiger partial charge on any atom is 0.312 e. The van der Waals surface area contributed by atoms with Crippen LogP contribution in [0.25, 0.3) is 5.57 Å². The standard InChI is InChI=1S/C40H57FO3/c1-9-10-22-44-34(43)40-20-18-35(2,3)25-29(40)33-28(26-12-11-13-27(41)23-26)24-31-37(6)16-15-32(42)36(4,5)30(37)14-17-38(31,7)39(33,8)19-21-40/h11-13,23,29-31H,9-10,14-22,24-25H2,1-8H3/t29-,30-,31?,37-,38+,39+,40-/m0/s1. The first-order valence-corrected chi connectivity index (χ1v) is 17.8. The number of fused-ring (bicyclic) bond motifs is 7. The van der Waals surface area contributed by atoms with Crippen molar-refractivity contribution in [1.29, 1.82) is 0 Å². The Kier molecular flexibility index (Phi) is 7.65. The van der Waals surface area contributed by atoms with E-state index in [-0.39, 0.29) is 44.8 Å². The Hall–Kier alpha value is -1.97. The Balaban J connectivity index is 1.57. The fourth-order valence-electron chi connectivity index (χ4n) is 11.9. The molecule has 6 rings (SSSR count). The Morgan fingerprint density at radius 1 is 0.955 bits per heavy atom. The van der Waals surface area contributed by atoms with Gasteiger partial charge in [0.1, 0.15) is 11.6 Å². The van der Waals surface area contributed by atoms with Crippen LogP contribution in [0.4, 0.5) is 4.39 Å². The minimum Gasteiger partial charge on any atom is -0.465 e. The van der Waals surface area contributed by atoms with Crippen LogP contribution in [0.2, 0.25) is 0 Å². The molecule has 3 nitrogen and oxygen atoms in total. The van der Waals surface area contributed by atoms with E-state index in [0.717, 1.165) is 76.2 Å². The highest BCUT2D eigenvalue weighted by Crippen LogP contribution is 2.77. The molecule has 0 saturated heterocycles. The molecule has 0 bridgehead atoms. The molecule has 242 valence electrons. The van der Waals surface area contributed by atoms with Gasteiger partial charge >= 0.3 is 5.97 Å². The van der Waals surface area contributed by atoms with E-state index in [9.17, 15) is 9.59 Å². The number of halogens is 1. The number of rotatable bonds is 5. The lowest BCUT2D eigenvalue weighted by Gasteiger charge is -2.71. The summed E-state index contributed by atoms with van der Waals surface area (Å²) in [5, 5.41) is 0. The maximum absolute atomic E-state index is 15.0. The van der Waals surface area contributed by atoms with Crippen molar-refractivity contribution in [1.82, 2.24) is 0 Å². The normalized spacial score (nSPS) is 40.8. The molecule has 0 heterocycles. The molecular weight excluding hydrogens is 547 g/mol. The van der Waals surface area contributed by atoms with Gasteiger partial charge in [0.05, 0.1) is 12.0 Å². The van der Waals surface area contributed by atoms with Crippen molar-refractivity contribution < 1.29 is 18.7 Å². The predicted molar refractivity (Wildman–Crippen MR) is 175 cm³/mol. The Bertz CT molecular complexity index is 1370. The molecule has 5 aliphatic carbocycles. The average Bonchev–Trinajstić information content (AvgIpc) is 2.95. The van der Waals surface area contributed by atoms with Crippen LogP contribution in [0.15, 0.2) is 29.8 Å². The third kappa shape index (κ3) is 4.45. The summed E-state index contributed by atoms with van der Waals surface area (Å²) in [5.41, 5.74) is 2.94. The number of carbonyl (C=O) groups is 2. The molecule has 0 spiro atoms. The lowest BCUT2D eigenvalue weighted by atomic mass is 9.32. The van der Waals surface area contributed by atoms with Gasteiger partial charge < -0.3 is 4.74 Å². The van der Waals surface area contributed by atoms with Crippen LogP contribution in [0, 0.1) is 56.1 Å². The number of hydrogen-bond acceptors (Lipinski definition) is 3. The van der Waals surface area contributed by atoms with E-state index < -0.39 is 5.41 Å². The van der Waals surface area contributed by atoms with E-state index in [1.807, 2.05) is 6.07 Å². The number of Topliss-reactive ketones (excluding diaryl/α,β-unsaturated/α-hetero) is 1. The molecule has 0 N–H and O–H groups in total. The quantitative estimate of drug-likeness (QED) is 0.248. The van der Waals surface area contributed by atoms with Gasteiger partial charge in [-0.25, -0.2) is 4.39 Å². The van der Waals surface area contributed by atoms with Crippen molar-refractivity contribution in [3.8, 4) is 0 Å². The summed E-state index contributed by atoms with van der Waals surface area (Å²) in [6.45, 7) is 19.3. The number of allylic oxidation sites excluding steroid dienone is 2. The zero-order valence-electron chi connectivity index (χ0n) is 28.8. The molecule has 7 atom stereocenters. The van der Waals surface area contributed by atoms with Crippen molar-refractivity contribution in [3.05, 3.63) is 41.2 Å². The summed E-state index contributed by atoms with van der Waals surface area (Å²) in [4.78, 5) is 27.6. The van der Waals surface area contributed by atoms with Crippen LogP contribution >= 0.6 is 0 Å². The number of ether oxygens (including phenoxy) is 1. The highest BCUT2D eigenvalue weighted by molar-refractivity contribution is 5.86. The summed E-state index contributed by atoms with van der Waals surface area (Å²) in [5.74, 6) is 1.04. The van der Waals surface area contributed by atoms with Gasteiger partial charge in [0, 0.05) is 11.8 Å². The fraction of sp³-hybridized carbons (Fsp3) is 0.750. The molecule has 5 aliphatic rings. The third-order valence-corrected chi connectivity index (χ3v) is 14.8. The zero-order chi connectivity index (χ0) is 31.9. The van der Waals surface area contributed by atoms with E-state index >= 15 is 4.39 Å². The minimum atomic E-state index is -0.514. The van der Waals surface area contributed by atoms with Crippen LogP contribution in [-0.4, -0.2) is 18.4 Å². The molecule has 1 unspecified atom stereocenters. The second kappa shape index (κ2) is 10.5. The van der Waals surface area contributed by atoms with Crippen molar-refractivity contribution in [2.45, 2.75) is 132 Å². The highest BCUT2D eigenvalue weighted by atomic mass is 19.1. The largest absolute Gasteiger partial charge is 0.465 e. The van der Waals surface area contributed by atoms with Gasteiger partial charge in [-0.15, -0.1) is 0 Å². The van der Waals surface area contributed by atoms with Crippen LogP contribution in [0.3, 0.4) is 0 Å². The van der Waals surface area contributed by atoms with Crippen molar-refractivity contribution in [2.24, 2.45) is 50.2 Å². The molecular formula is C40H57FO3. The molecule has 1 aromatic rings. The Morgan fingerprint density at radius 3 is 2.39 bits per heavy atom. The second-order valence-electron chi connectivity index (χ2n) is 17.7. The van der Waals surface area contributed by atoms with Gasteiger partial charge in [0.2, 0.25) is 0 Å². The van der Waals surface area contributed by atoms with Gasteiger partial charge in [-0.1, -0.05) is 79.5 Å². The monoisotopic (exact) mass is 604 g/mol. The number of hydrogen-bond donors (Lipinski definition) is 0. The van der Waals surface area contributed by atoms with Crippen molar-refractivity contribution in [3.63, 3.8) is 0 Å². The summed E-state index contributed by atoms with van der Waals surface area (Å²) in [6, 6.07) is 7.26. The Labute approximate surface area is 266 Å². The van der Waals surface area contributed by atoms with Gasteiger partial charge in [0.15, 0.2) is 0 Å². The zero-order valence-corrected chi connectivity index (χ0v) is 28.8. The molecule has 0 radical (unpaired) electrons. The first-order valence-electron chi connectivity index (χ1n) is 17.8. The summed E-state index contributed by atoms with van der Waals surface area (Å²) >= 11 is 0. The molecule has 4 heteroatoms. The number of benzene rings is 1. The molecule has 0 aromatic heterocycles. The van der Waals surface area contributed by atoms with Crippen LogP contribution in [-0.2, 0) is 14.3 Å². The van der Waals surface area contributed by atoms with Crippen molar-refractivity contribution >= 4 is 17.3 Å². The number of ketones is 1. The van der Waals surface area contributed by atoms with Crippen LogP contribution in [0.1, 0.15) is 138 Å². The van der Waals surface area contributed by atoms with Gasteiger partial charge in [-0.3, -0.25) is 9.59 Å². The predicted octanol–water partition coefficient (Wildman–Crippen LogP) is 10.4. The lowest BCUT2D eigenvalue weighted by Crippen LogP contribution is -2.65. The molecule has 1 aromatic carbocycles. The fourth-order valence-corrected chi connectivity index (χ4v) is 11.9. The number of carbonyl (C=O) groups excluding carboxylic acids is 2. The second-order valence-corrected chi connectivity index (χ2v) is 17.7. The topological polar surface area (TPSA) is 43.4 Å². The smallest absolute Gasteiger partial charge is 0.312 e. The molecule has 4 fully saturated rings. The Morgan fingerprint density at radius 2 is 1.68 bits per heavy atom. The van der Waals surface area contributed by atoms with E-state index in [0.29, 0.717) is 30.6 Å². The summed E-state index contributed by atoms with van der Waals surface area (Å²) in [6.07, 6.45) is 11.2. The minimum absolute atomic E-state index is 0.00933. The first kappa shape index (κ1) is 32.0. The molecule has 4 saturated carbocycles. The summed E-state index contributed by atoms with van der Waals surface area (Å²) < 4.78 is 21.2. The van der Waals surface area contributed by atoms with E-state index in [4.69, 9.17) is 4.74 Å². The van der Waals surface area contributed by atoms with Crippen LogP contribution in [0.5, 0.6) is 0 Å². The molecule has 44 heavy (non-hydrogen) atoms. The average molecular weight is 605 g/mol. The van der Waals surface area contributed by atoms with Gasteiger partial charge in [-0.2, -0.15) is 0 Å². The first-order chi connectivity index (χ1) is 20.6. The van der Waals surface area contributed by atoms with Gasteiger partial charge in [0.25, 0.3) is 0 Å². The number of unbranched alkanes of at least 4 members (excludes halogenated alkanes) is 1. The lowest BCUT2D eigenvalue weighted by molar-refractivity contribution is -0.190. The molecule has 0 aliphatic heterocycles. The molecule has 0 amide bonds. The van der Waals surface area contributed by atoms with E-state index in [2.05, 4.69) is 61.5 Å². The summed E-state index contributed by atoms with van der Waals surface area (Å²) in [7, 11) is 0. The van der Waals surface area contributed by atoms with Crippen molar-refractivity contribution in [2.75, 3.05) is 6.61 Å². The van der Waals surface area contributed by atoms with E-state index in [1.165, 1.54) is 11.1 Å². The number of esters is 1. The SMILES string of the molecule is CCCCOC(=O)[C@]12CCC(C)(C)C[C@H]1C1=C(c3cccc(F)c3)CC3[C@@]4(C)CCC(=O)C(C)(C)[C@@H]4CC[C@@]3(C)[C@]1(C)CC2. The maximum atomic E-state index is 15.0. The van der Waals surface area contributed by atoms with Gasteiger partial charge in [-0.05, 0) is 127 Å². The van der Waals surface area contributed by atoms with Crippen LogP contribution < -0.4 is 0 Å². The van der Waals surface area contributed by atoms with E-state index in [1.54, 1.807) is 12.1 Å².